The number of aromatic nitrogens is 3. The summed E-state index contributed by atoms with van der Waals surface area (Å²) < 4.78 is 40.9. The summed E-state index contributed by atoms with van der Waals surface area (Å²) in [5.41, 5.74) is 2.72. The van der Waals surface area contributed by atoms with Gasteiger partial charge < -0.3 is 14.8 Å². The van der Waals surface area contributed by atoms with Crippen LogP contribution >= 0.6 is 0 Å². The van der Waals surface area contributed by atoms with E-state index in [0.29, 0.717) is 5.69 Å². The Hall–Kier alpha value is -3.68. The predicted molar refractivity (Wildman–Crippen MR) is 107 cm³/mol. The molecule has 0 radical (unpaired) electrons. The van der Waals surface area contributed by atoms with Crippen LogP contribution in [0.15, 0.2) is 48.9 Å². The van der Waals surface area contributed by atoms with Gasteiger partial charge in [-0.3, -0.25) is 9.67 Å². The summed E-state index contributed by atoms with van der Waals surface area (Å²) in [5, 5.41) is 7.77. The fraction of sp³-hybridized carbons (Fsp3) is 0.143. The molecule has 0 bridgehead atoms. The van der Waals surface area contributed by atoms with Crippen molar-refractivity contribution in [3.05, 3.63) is 60.6 Å². The molecule has 1 N–H and O–H groups in total. The molecule has 0 spiro atoms. The highest BCUT2D eigenvalue weighted by Crippen LogP contribution is 2.37. The van der Waals surface area contributed by atoms with Gasteiger partial charge in [-0.05, 0) is 24.3 Å². The van der Waals surface area contributed by atoms with Crippen molar-refractivity contribution in [1.29, 1.82) is 0 Å². The summed E-state index contributed by atoms with van der Waals surface area (Å²) in [6.45, 7) is 0. The molecule has 0 aliphatic rings. The van der Waals surface area contributed by atoms with Crippen molar-refractivity contribution in [2.75, 3.05) is 19.5 Å². The maximum atomic E-state index is 14.6. The number of nitrogens with one attached hydrogen (secondary N) is 1. The van der Waals surface area contributed by atoms with E-state index in [1.165, 1.54) is 20.3 Å². The first-order valence-corrected chi connectivity index (χ1v) is 8.76. The number of nitrogens with zero attached hydrogens (tertiary/aromatic N) is 3. The second kappa shape index (κ2) is 7.38. The van der Waals surface area contributed by atoms with E-state index in [9.17, 15) is 8.78 Å². The Morgan fingerprint density at radius 2 is 1.66 bits per heavy atom. The van der Waals surface area contributed by atoms with Crippen molar-refractivity contribution < 1.29 is 18.3 Å². The van der Waals surface area contributed by atoms with Gasteiger partial charge >= 0.3 is 0 Å². The molecule has 4 rings (SSSR count). The molecule has 6 nitrogen and oxygen atoms in total. The van der Waals surface area contributed by atoms with Gasteiger partial charge in [0.25, 0.3) is 0 Å². The normalized spacial score (nSPS) is 10.9. The van der Waals surface area contributed by atoms with Gasteiger partial charge in [0.1, 0.15) is 5.69 Å². The average molecular weight is 396 g/mol. The molecule has 2 heterocycles. The van der Waals surface area contributed by atoms with Gasteiger partial charge in [-0.1, -0.05) is 0 Å². The number of fused-ring (bicyclic) bond motifs is 1. The third-order valence-electron chi connectivity index (χ3n) is 4.56. The van der Waals surface area contributed by atoms with Crippen molar-refractivity contribution in [3.8, 4) is 22.6 Å². The van der Waals surface area contributed by atoms with Crippen molar-refractivity contribution in [1.82, 2.24) is 14.8 Å². The zero-order chi connectivity index (χ0) is 20.5. The summed E-state index contributed by atoms with van der Waals surface area (Å²) in [7, 11) is 4.45. The number of rotatable bonds is 5. The first kappa shape index (κ1) is 18.7. The van der Waals surface area contributed by atoms with Crippen LogP contribution in [-0.4, -0.2) is 29.0 Å². The summed E-state index contributed by atoms with van der Waals surface area (Å²) in [4.78, 5) is 4.45. The molecule has 0 aliphatic heterocycles. The van der Waals surface area contributed by atoms with E-state index in [-0.39, 0.29) is 17.2 Å². The molecule has 0 saturated heterocycles. The third kappa shape index (κ3) is 3.44. The van der Waals surface area contributed by atoms with Crippen LogP contribution in [0.3, 0.4) is 0 Å². The largest absolute Gasteiger partial charge is 0.493 e. The molecule has 148 valence electrons. The van der Waals surface area contributed by atoms with Crippen LogP contribution in [0.25, 0.3) is 22.0 Å². The van der Waals surface area contributed by atoms with Crippen molar-refractivity contribution in [3.63, 3.8) is 0 Å². The van der Waals surface area contributed by atoms with Crippen LogP contribution in [-0.2, 0) is 7.05 Å². The molecule has 8 heteroatoms. The Labute approximate surface area is 165 Å². The third-order valence-corrected chi connectivity index (χ3v) is 4.56. The van der Waals surface area contributed by atoms with Gasteiger partial charge in [0, 0.05) is 47.7 Å². The molecule has 0 amide bonds. The van der Waals surface area contributed by atoms with Crippen LogP contribution in [0.5, 0.6) is 11.5 Å². The standard InChI is InChI=1S/C21H18F2N4O2/c1-27-11-14(10-25-27)13-6-12-7-15(4-5-16(12)24-9-13)26-21-19(22)17(28-2)8-18(29-3)20(21)23/h4-11,26H,1-3H3. The minimum Gasteiger partial charge on any atom is -0.493 e. The highest BCUT2D eigenvalue weighted by atomic mass is 19.1. The number of hydrogen-bond acceptors (Lipinski definition) is 5. The fourth-order valence-electron chi connectivity index (χ4n) is 3.08. The van der Waals surface area contributed by atoms with E-state index < -0.39 is 11.6 Å². The number of pyridine rings is 1. The Morgan fingerprint density at radius 1 is 0.931 bits per heavy atom. The molecule has 29 heavy (non-hydrogen) atoms. The highest BCUT2D eigenvalue weighted by Gasteiger charge is 2.20. The Bertz CT molecular complexity index is 1180. The maximum absolute atomic E-state index is 14.6. The average Bonchev–Trinajstić information content (AvgIpc) is 3.17. The van der Waals surface area contributed by atoms with E-state index in [4.69, 9.17) is 9.47 Å². The molecule has 2 aromatic heterocycles. The van der Waals surface area contributed by atoms with Gasteiger partial charge in [-0.2, -0.15) is 5.10 Å². The minimum atomic E-state index is -0.840. The van der Waals surface area contributed by atoms with Gasteiger partial charge in [0.15, 0.2) is 23.1 Å². The lowest BCUT2D eigenvalue weighted by atomic mass is 10.1. The van der Waals surface area contributed by atoms with Crippen molar-refractivity contribution in [2.24, 2.45) is 7.05 Å². The number of benzene rings is 2. The van der Waals surface area contributed by atoms with E-state index in [1.54, 1.807) is 35.3 Å². The summed E-state index contributed by atoms with van der Waals surface area (Å²) >= 11 is 0. The maximum Gasteiger partial charge on any atom is 0.191 e. The number of hydrogen-bond donors (Lipinski definition) is 1. The zero-order valence-corrected chi connectivity index (χ0v) is 16.0. The highest BCUT2D eigenvalue weighted by molar-refractivity contribution is 5.87. The lowest BCUT2D eigenvalue weighted by Crippen LogP contribution is -2.02. The predicted octanol–water partition coefficient (Wildman–Crippen LogP) is 4.67. The van der Waals surface area contributed by atoms with Crippen LogP contribution < -0.4 is 14.8 Å². The summed E-state index contributed by atoms with van der Waals surface area (Å²) in [6.07, 6.45) is 5.40. The molecule has 4 aromatic rings. The second-order valence-electron chi connectivity index (χ2n) is 6.44. The lowest BCUT2D eigenvalue weighted by Gasteiger charge is -2.14. The molecular formula is C21H18F2N4O2. The summed E-state index contributed by atoms with van der Waals surface area (Å²) in [5.74, 6) is -1.92. The van der Waals surface area contributed by atoms with Gasteiger partial charge in [-0.25, -0.2) is 8.78 Å². The first-order chi connectivity index (χ1) is 14.0. The van der Waals surface area contributed by atoms with Gasteiger partial charge in [-0.15, -0.1) is 0 Å². The Balaban J connectivity index is 1.75. The van der Waals surface area contributed by atoms with Crippen molar-refractivity contribution in [2.45, 2.75) is 0 Å². The number of anilines is 2. The first-order valence-electron chi connectivity index (χ1n) is 8.76. The summed E-state index contributed by atoms with van der Waals surface area (Å²) in [6, 6.07) is 8.36. The molecule has 2 aromatic carbocycles. The van der Waals surface area contributed by atoms with E-state index in [2.05, 4.69) is 15.4 Å². The van der Waals surface area contributed by atoms with Gasteiger partial charge in [0.05, 0.1) is 25.9 Å². The zero-order valence-electron chi connectivity index (χ0n) is 16.0. The van der Waals surface area contributed by atoms with Crippen LogP contribution in [0.2, 0.25) is 0 Å². The number of aryl methyl sites for hydroxylation is 1. The monoisotopic (exact) mass is 396 g/mol. The number of ether oxygens (including phenoxy) is 2. The molecule has 0 atom stereocenters. The molecule has 0 saturated carbocycles. The van der Waals surface area contributed by atoms with Crippen LogP contribution in [0.4, 0.5) is 20.2 Å². The van der Waals surface area contributed by atoms with Crippen molar-refractivity contribution >= 4 is 22.3 Å². The smallest absolute Gasteiger partial charge is 0.191 e. The topological polar surface area (TPSA) is 61.2 Å². The molecule has 0 aliphatic carbocycles. The Morgan fingerprint density at radius 3 is 2.28 bits per heavy atom. The number of halogens is 2. The Kier molecular flexibility index (Phi) is 4.75. The molecular weight excluding hydrogens is 378 g/mol. The minimum absolute atomic E-state index is 0.118. The second-order valence-corrected chi connectivity index (χ2v) is 6.44. The van der Waals surface area contributed by atoms with Crippen LogP contribution in [0, 0.1) is 11.6 Å². The molecule has 0 fully saturated rings. The van der Waals surface area contributed by atoms with E-state index >= 15 is 0 Å². The van der Waals surface area contributed by atoms with Gasteiger partial charge in [0.2, 0.25) is 0 Å². The fourth-order valence-corrected chi connectivity index (χ4v) is 3.08. The molecule has 0 unspecified atom stereocenters. The lowest BCUT2D eigenvalue weighted by molar-refractivity contribution is 0.360. The van der Waals surface area contributed by atoms with E-state index in [1.807, 2.05) is 19.3 Å². The van der Waals surface area contributed by atoms with Crippen LogP contribution in [0.1, 0.15) is 0 Å². The quantitative estimate of drug-likeness (QED) is 0.531. The van der Waals surface area contributed by atoms with E-state index in [0.717, 1.165) is 22.0 Å². The SMILES string of the molecule is COc1cc(OC)c(F)c(Nc2ccc3ncc(-c4cnn(C)c4)cc3c2)c1F. The number of methoxy groups -OCH3 is 2.